The predicted molar refractivity (Wildman–Crippen MR) is 264 cm³/mol. The third-order valence-corrected chi connectivity index (χ3v) is 15.2. The Morgan fingerprint density at radius 1 is 0.597 bits per heavy atom. The second-order valence-electron chi connectivity index (χ2n) is 17.8. The highest BCUT2D eigenvalue weighted by Gasteiger charge is 2.51. The Balaban J connectivity index is 1.22. The average Bonchev–Trinajstić information content (AvgIpc) is 3.95. The van der Waals surface area contributed by atoms with Crippen LogP contribution in [0.1, 0.15) is 50.3 Å². The number of para-hydroxylation sites is 2. The number of thiophene rings is 1. The average molecular weight is 815 g/mol. The van der Waals surface area contributed by atoms with Gasteiger partial charge in [-0.15, -0.1) is 11.3 Å². The Morgan fingerprint density at radius 2 is 1.34 bits per heavy atom. The van der Waals surface area contributed by atoms with Crippen LogP contribution in [-0.4, -0.2) is 6.85 Å². The summed E-state index contributed by atoms with van der Waals surface area (Å²) in [6.45, 7) is 7.06. The Morgan fingerprint density at radius 3 is 2.18 bits per heavy atom. The number of nitrogens with zero attached hydrogens (tertiary/aromatic N) is 2. The minimum atomic E-state index is -0.253. The van der Waals surface area contributed by atoms with Crippen LogP contribution >= 0.6 is 11.3 Å². The van der Waals surface area contributed by atoms with Gasteiger partial charge in [0.15, 0.2) is 0 Å². The number of aryl methyl sites for hydroxylation is 1. The highest BCUT2D eigenvalue weighted by atomic mass is 32.1. The lowest BCUT2D eigenvalue weighted by Gasteiger charge is -2.46. The number of hydrogen-bond acceptors (Lipinski definition) is 4. The smallest absolute Gasteiger partial charge is 0.343 e. The van der Waals surface area contributed by atoms with Gasteiger partial charge in [0, 0.05) is 59.2 Å². The molecule has 2 aliphatic heterocycles. The van der Waals surface area contributed by atoms with Crippen molar-refractivity contribution in [2.45, 2.75) is 45.4 Å². The molecule has 4 heterocycles. The van der Waals surface area contributed by atoms with Gasteiger partial charge in [-0.25, -0.2) is 0 Å². The fourth-order valence-corrected chi connectivity index (χ4v) is 12.5. The second-order valence-corrected chi connectivity index (χ2v) is 18.9. The lowest BCUT2D eigenvalue weighted by atomic mass is 9.45. The van der Waals surface area contributed by atoms with Gasteiger partial charge in [-0.3, -0.25) is 0 Å². The quantitative estimate of drug-likeness (QED) is 0.156. The van der Waals surface area contributed by atoms with Crippen molar-refractivity contribution in [1.82, 2.24) is 0 Å². The molecule has 0 radical (unpaired) electrons. The third-order valence-electron chi connectivity index (χ3n) is 14.0. The highest BCUT2D eigenvalue weighted by Crippen LogP contribution is 2.59. The highest BCUT2D eigenvalue weighted by molar-refractivity contribution is 7.32. The molecule has 0 saturated heterocycles. The standard InChI is InChI=1S/C57H43BN2OS/c1-4-5-18-35-29-30-46(41(31-35)36-19-8-6-9-20-36)59-48-33-43-38-23-12-15-26-45(38)57(2,3)53(43)52-44-34-50-42(39-24-13-16-27-49(39)61-50)32-47(44)60(37-21-10-7-11-22-37)58(54(48)52)56-55(59)40-25-14-17-28-51(40)62-56/h6-17,19-34H,4-5,18H2,1-3H3. The zero-order valence-corrected chi connectivity index (χ0v) is 35.9. The van der Waals surface area contributed by atoms with E-state index in [0.717, 1.165) is 28.4 Å². The molecule has 0 N–H and O–H groups in total. The van der Waals surface area contributed by atoms with Crippen molar-refractivity contribution < 1.29 is 4.42 Å². The molecular formula is C57H43BN2OS. The SMILES string of the molecule is CCCCc1ccc(N2c3cc4c(c5c3B(c3sc6ccccc6c32)N(c2ccccc2)c2cc3c(cc2-5)oc2ccccc23)C(C)(C)c2ccccc2-4)c(-c2ccccc2)c1. The van der Waals surface area contributed by atoms with E-state index in [0.29, 0.717) is 0 Å². The first kappa shape index (κ1) is 35.9. The number of hydrogen-bond donors (Lipinski definition) is 0. The Bertz CT molecular complexity index is 3460. The van der Waals surface area contributed by atoms with E-state index in [9.17, 15) is 0 Å². The summed E-state index contributed by atoms with van der Waals surface area (Å²) in [4.78, 5) is 5.32. The molecule has 62 heavy (non-hydrogen) atoms. The van der Waals surface area contributed by atoms with Gasteiger partial charge < -0.3 is 14.1 Å². The predicted octanol–water partition coefficient (Wildman–Crippen LogP) is 14.8. The fourth-order valence-electron chi connectivity index (χ4n) is 11.2. The molecule has 0 saturated carbocycles. The van der Waals surface area contributed by atoms with E-state index in [1.54, 1.807) is 0 Å². The van der Waals surface area contributed by atoms with Gasteiger partial charge in [-0.05, 0) is 112 Å². The molecule has 0 unspecified atom stereocenters. The lowest BCUT2D eigenvalue weighted by molar-refractivity contribution is 0.661. The summed E-state index contributed by atoms with van der Waals surface area (Å²) in [5, 5.41) is 3.57. The van der Waals surface area contributed by atoms with Gasteiger partial charge >= 0.3 is 6.85 Å². The minimum Gasteiger partial charge on any atom is -0.456 e. The van der Waals surface area contributed by atoms with Gasteiger partial charge in [0.05, 0.1) is 11.4 Å². The molecule has 296 valence electrons. The van der Waals surface area contributed by atoms with Crippen LogP contribution in [0.3, 0.4) is 0 Å². The summed E-state index contributed by atoms with van der Waals surface area (Å²) in [5.74, 6) is 0. The van der Waals surface area contributed by atoms with E-state index in [4.69, 9.17) is 4.42 Å². The molecule has 13 rings (SSSR count). The van der Waals surface area contributed by atoms with Crippen molar-refractivity contribution in [2.75, 3.05) is 9.71 Å². The fraction of sp³-hybridized carbons (Fsp3) is 0.123. The third kappa shape index (κ3) is 4.94. The molecule has 5 heteroatoms. The number of anilines is 5. The normalized spacial score (nSPS) is 14.3. The van der Waals surface area contributed by atoms with E-state index in [1.165, 1.54) is 112 Å². The largest absolute Gasteiger partial charge is 0.456 e. The number of rotatable bonds is 6. The van der Waals surface area contributed by atoms with Gasteiger partial charge in [0.1, 0.15) is 11.2 Å². The summed E-state index contributed by atoms with van der Waals surface area (Å²) in [6.07, 6.45) is 3.39. The molecular weight excluding hydrogens is 772 g/mol. The lowest BCUT2D eigenvalue weighted by Crippen LogP contribution is -2.61. The molecule has 0 spiro atoms. The van der Waals surface area contributed by atoms with Crippen LogP contribution in [0.5, 0.6) is 0 Å². The maximum absolute atomic E-state index is 6.77. The van der Waals surface area contributed by atoms with Crippen LogP contribution in [0.2, 0.25) is 0 Å². The van der Waals surface area contributed by atoms with Crippen LogP contribution in [0.15, 0.2) is 174 Å². The van der Waals surface area contributed by atoms with Crippen molar-refractivity contribution in [2.24, 2.45) is 0 Å². The summed E-state index contributed by atoms with van der Waals surface area (Å²) in [7, 11) is 0. The Labute approximate surface area is 366 Å². The van der Waals surface area contributed by atoms with Crippen LogP contribution in [0, 0.1) is 0 Å². The molecule has 10 aromatic rings. The first-order valence-corrected chi connectivity index (χ1v) is 22.9. The summed E-state index contributed by atoms with van der Waals surface area (Å²) in [5.41, 5.74) is 20.9. The maximum Gasteiger partial charge on any atom is 0.343 e. The van der Waals surface area contributed by atoms with Gasteiger partial charge in [-0.2, -0.15) is 0 Å². The molecule has 8 aromatic carbocycles. The first-order valence-electron chi connectivity index (χ1n) is 22.1. The van der Waals surface area contributed by atoms with E-state index < -0.39 is 0 Å². The molecule has 3 aliphatic rings. The van der Waals surface area contributed by atoms with Gasteiger partial charge in [0.2, 0.25) is 0 Å². The van der Waals surface area contributed by atoms with Crippen molar-refractivity contribution in [3.8, 4) is 33.4 Å². The van der Waals surface area contributed by atoms with E-state index in [-0.39, 0.29) is 12.3 Å². The Hall–Kier alpha value is -6.82. The Kier molecular flexibility index (Phi) is 7.72. The minimum absolute atomic E-state index is 0.0945. The van der Waals surface area contributed by atoms with E-state index in [2.05, 4.69) is 200 Å². The second kappa shape index (κ2) is 13.3. The number of benzene rings is 8. The monoisotopic (exact) mass is 814 g/mol. The first-order chi connectivity index (χ1) is 30.5. The number of furan rings is 1. The zero-order chi connectivity index (χ0) is 41.3. The molecule has 0 bridgehead atoms. The van der Waals surface area contributed by atoms with Crippen LogP contribution < -0.4 is 20.0 Å². The van der Waals surface area contributed by atoms with Gasteiger partial charge in [-0.1, -0.05) is 142 Å². The molecule has 0 amide bonds. The van der Waals surface area contributed by atoms with Gasteiger partial charge in [0.25, 0.3) is 0 Å². The van der Waals surface area contributed by atoms with Crippen molar-refractivity contribution in [1.29, 1.82) is 0 Å². The van der Waals surface area contributed by atoms with Crippen molar-refractivity contribution in [3.05, 3.63) is 187 Å². The van der Waals surface area contributed by atoms with E-state index >= 15 is 0 Å². The van der Waals surface area contributed by atoms with Crippen molar-refractivity contribution >= 4 is 88.9 Å². The van der Waals surface area contributed by atoms with Crippen LogP contribution in [-0.2, 0) is 11.8 Å². The molecule has 0 fully saturated rings. The summed E-state index contributed by atoms with van der Waals surface area (Å²) < 4.78 is 9.42. The molecule has 3 nitrogen and oxygen atoms in total. The maximum atomic E-state index is 6.77. The van der Waals surface area contributed by atoms with Crippen LogP contribution in [0.4, 0.5) is 28.4 Å². The van der Waals surface area contributed by atoms with Crippen LogP contribution in [0.25, 0.3) is 65.4 Å². The number of unbranched alkanes of at least 4 members (excludes halogenated alkanes) is 1. The molecule has 0 atom stereocenters. The molecule has 1 aliphatic carbocycles. The summed E-state index contributed by atoms with van der Waals surface area (Å²) >= 11 is 1.95. The summed E-state index contributed by atoms with van der Waals surface area (Å²) in [6, 6.07) is 63.5. The molecule has 2 aromatic heterocycles. The zero-order valence-electron chi connectivity index (χ0n) is 35.1. The van der Waals surface area contributed by atoms with E-state index in [1.807, 2.05) is 11.3 Å². The topological polar surface area (TPSA) is 19.6 Å². The van der Waals surface area contributed by atoms with Crippen molar-refractivity contribution in [3.63, 3.8) is 0 Å². The number of fused-ring (bicyclic) bond motifs is 13.